The van der Waals surface area contributed by atoms with Gasteiger partial charge in [0.25, 0.3) is 6.43 Å². The standard InChI is InChI=1S/C7H5F2IN2O3/c1-15-4-2-3(6(8)9)11-7(10)5(4)12(13)14/h2,6H,1H3. The Kier molecular flexibility index (Phi) is 3.72. The van der Waals surface area contributed by atoms with Crippen molar-refractivity contribution in [2.24, 2.45) is 0 Å². The third kappa shape index (κ3) is 2.49. The second-order valence-corrected chi connectivity index (χ2v) is 3.47. The first-order chi connectivity index (χ1) is 6.97. The van der Waals surface area contributed by atoms with Crippen molar-refractivity contribution in [2.45, 2.75) is 6.43 Å². The Morgan fingerprint density at radius 3 is 2.67 bits per heavy atom. The highest BCUT2D eigenvalue weighted by molar-refractivity contribution is 14.1. The molecular weight excluding hydrogens is 325 g/mol. The van der Waals surface area contributed by atoms with E-state index in [1.165, 1.54) is 29.7 Å². The fraction of sp³-hybridized carbons (Fsp3) is 0.286. The van der Waals surface area contributed by atoms with E-state index in [4.69, 9.17) is 0 Å². The molecule has 0 fully saturated rings. The number of rotatable bonds is 3. The van der Waals surface area contributed by atoms with Gasteiger partial charge in [-0.05, 0) is 22.6 Å². The molecule has 0 spiro atoms. The molecule has 0 saturated heterocycles. The maximum absolute atomic E-state index is 12.3. The van der Waals surface area contributed by atoms with Gasteiger partial charge < -0.3 is 4.74 Å². The highest BCUT2D eigenvalue weighted by Gasteiger charge is 2.24. The second-order valence-electron chi connectivity index (χ2n) is 2.45. The first kappa shape index (κ1) is 12.0. The van der Waals surface area contributed by atoms with E-state index in [-0.39, 0.29) is 9.45 Å². The Bertz CT molecular complexity index is 400. The highest BCUT2D eigenvalue weighted by atomic mass is 127. The van der Waals surface area contributed by atoms with Gasteiger partial charge in [-0.3, -0.25) is 10.1 Å². The van der Waals surface area contributed by atoms with Gasteiger partial charge in [-0.15, -0.1) is 0 Å². The van der Waals surface area contributed by atoms with Crippen molar-refractivity contribution in [1.82, 2.24) is 4.98 Å². The van der Waals surface area contributed by atoms with Crippen LogP contribution in [0.4, 0.5) is 14.5 Å². The molecule has 0 atom stereocenters. The van der Waals surface area contributed by atoms with Crippen LogP contribution in [0.15, 0.2) is 6.07 Å². The maximum Gasteiger partial charge on any atom is 0.342 e. The SMILES string of the molecule is COc1cc(C(F)F)nc(I)c1[N+](=O)[O-]. The molecule has 0 aliphatic heterocycles. The van der Waals surface area contributed by atoms with Crippen LogP contribution in [-0.4, -0.2) is 17.0 Å². The van der Waals surface area contributed by atoms with Crippen molar-refractivity contribution >= 4 is 28.3 Å². The van der Waals surface area contributed by atoms with Crippen molar-refractivity contribution < 1.29 is 18.4 Å². The van der Waals surface area contributed by atoms with Gasteiger partial charge in [-0.2, -0.15) is 0 Å². The first-order valence-electron chi connectivity index (χ1n) is 3.64. The minimum atomic E-state index is -2.78. The summed E-state index contributed by atoms with van der Waals surface area (Å²) in [4.78, 5) is 13.3. The van der Waals surface area contributed by atoms with Gasteiger partial charge in [0.2, 0.25) is 5.75 Å². The quantitative estimate of drug-likeness (QED) is 0.370. The Morgan fingerprint density at radius 2 is 2.27 bits per heavy atom. The fourth-order valence-electron chi connectivity index (χ4n) is 0.936. The van der Waals surface area contributed by atoms with Gasteiger partial charge in [-0.1, -0.05) is 0 Å². The van der Waals surface area contributed by atoms with Crippen molar-refractivity contribution in [2.75, 3.05) is 7.11 Å². The Balaban J connectivity index is 3.37. The van der Waals surface area contributed by atoms with E-state index >= 15 is 0 Å². The molecule has 1 aromatic heterocycles. The van der Waals surface area contributed by atoms with E-state index < -0.39 is 22.7 Å². The third-order valence-electron chi connectivity index (χ3n) is 1.56. The number of halogens is 3. The van der Waals surface area contributed by atoms with Crippen molar-refractivity contribution in [3.05, 3.63) is 25.6 Å². The molecule has 1 heterocycles. The van der Waals surface area contributed by atoms with Crippen molar-refractivity contribution in [3.63, 3.8) is 0 Å². The van der Waals surface area contributed by atoms with Crippen LogP contribution in [0.1, 0.15) is 12.1 Å². The average molecular weight is 330 g/mol. The maximum atomic E-state index is 12.3. The van der Waals surface area contributed by atoms with Crippen LogP contribution in [0, 0.1) is 13.8 Å². The molecule has 0 aromatic carbocycles. The molecule has 8 heteroatoms. The molecule has 0 aliphatic rings. The van der Waals surface area contributed by atoms with Gasteiger partial charge in [0.1, 0.15) is 5.69 Å². The highest BCUT2D eigenvalue weighted by Crippen LogP contribution is 2.33. The molecule has 5 nitrogen and oxygen atoms in total. The largest absolute Gasteiger partial charge is 0.490 e. The summed E-state index contributed by atoms with van der Waals surface area (Å²) in [6, 6.07) is 0.866. The second kappa shape index (κ2) is 4.64. The van der Waals surface area contributed by atoms with Crippen LogP contribution in [-0.2, 0) is 0 Å². The Hall–Kier alpha value is -1.06. The summed E-state index contributed by atoms with van der Waals surface area (Å²) in [5.41, 5.74) is -0.940. The van der Waals surface area contributed by atoms with Crippen LogP contribution in [0.2, 0.25) is 0 Å². The zero-order chi connectivity index (χ0) is 11.6. The van der Waals surface area contributed by atoms with E-state index in [2.05, 4.69) is 9.72 Å². The molecule has 82 valence electrons. The summed E-state index contributed by atoms with van der Waals surface area (Å²) in [6.45, 7) is 0. The number of ether oxygens (including phenoxy) is 1. The van der Waals surface area contributed by atoms with Crippen LogP contribution < -0.4 is 4.74 Å². The summed E-state index contributed by atoms with van der Waals surface area (Å²) < 4.78 is 29.2. The fourth-order valence-corrected chi connectivity index (χ4v) is 1.68. The lowest BCUT2D eigenvalue weighted by Gasteiger charge is -2.05. The number of hydrogen-bond acceptors (Lipinski definition) is 4. The lowest BCUT2D eigenvalue weighted by molar-refractivity contribution is -0.387. The van der Waals surface area contributed by atoms with E-state index in [1.807, 2.05) is 0 Å². The predicted octanol–water partition coefficient (Wildman–Crippen LogP) is 2.54. The molecule has 15 heavy (non-hydrogen) atoms. The number of hydrogen-bond donors (Lipinski definition) is 0. The van der Waals surface area contributed by atoms with Crippen LogP contribution in [0.5, 0.6) is 5.75 Å². The van der Waals surface area contributed by atoms with Gasteiger partial charge >= 0.3 is 5.69 Å². The summed E-state index contributed by atoms with van der Waals surface area (Å²) in [7, 11) is 1.17. The number of pyridine rings is 1. The molecule has 0 radical (unpaired) electrons. The summed E-state index contributed by atoms with van der Waals surface area (Å²) in [6.07, 6.45) is -2.78. The third-order valence-corrected chi connectivity index (χ3v) is 2.31. The van der Waals surface area contributed by atoms with Gasteiger partial charge in [0.05, 0.1) is 12.0 Å². The molecule has 0 aliphatic carbocycles. The predicted molar refractivity (Wildman–Crippen MR) is 55.1 cm³/mol. The minimum Gasteiger partial charge on any atom is -0.490 e. The molecule has 0 bridgehead atoms. The Labute approximate surface area is 96.7 Å². The first-order valence-corrected chi connectivity index (χ1v) is 4.72. The number of aromatic nitrogens is 1. The molecule has 1 aromatic rings. The summed E-state index contributed by atoms with van der Waals surface area (Å²) in [5, 5.41) is 10.6. The zero-order valence-electron chi connectivity index (χ0n) is 7.41. The monoisotopic (exact) mass is 330 g/mol. The van der Waals surface area contributed by atoms with E-state index in [9.17, 15) is 18.9 Å². The molecule has 1 rings (SSSR count). The molecule has 0 saturated carbocycles. The lowest BCUT2D eigenvalue weighted by atomic mass is 10.3. The van der Waals surface area contributed by atoms with Gasteiger partial charge in [-0.25, -0.2) is 13.8 Å². The number of nitrogens with zero attached hydrogens (tertiary/aromatic N) is 2. The van der Waals surface area contributed by atoms with Crippen LogP contribution in [0.3, 0.4) is 0 Å². The molecule has 0 N–H and O–H groups in total. The van der Waals surface area contributed by atoms with Crippen molar-refractivity contribution in [3.8, 4) is 5.75 Å². The summed E-state index contributed by atoms with van der Waals surface area (Å²) >= 11 is 1.52. The zero-order valence-corrected chi connectivity index (χ0v) is 9.57. The van der Waals surface area contributed by atoms with E-state index in [0.29, 0.717) is 0 Å². The van der Waals surface area contributed by atoms with E-state index in [0.717, 1.165) is 6.07 Å². The Morgan fingerprint density at radius 1 is 1.67 bits per heavy atom. The molecular formula is C7H5F2IN2O3. The van der Waals surface area contributed by atoms with Gasteiger partial charge in [0, 0.05) is 6.07 Å². The topological polar surface area (TPSA) is 65.3 Å². The smallest absolute Gasteiger partial charge is 0.342 e. The van der Waals surface area contributed by atoms with Gasteiger partial charge in [0.15, 0.2) is 3.70 Å². The van der Waals surface area contributed by atoms with Crippen LogP contribution >= 0.6 is 22.6 Å². The van der Waals surface area contributed by atoms with E-state index in [1.54, 1.807) is 0 Å². The number of alkyl halides is 2. The van der Waals surface area contributed by atoms with Crippen LogP contribution in [0.25, 0.3) is 0 Å². The number of nitro groups is 1. The number of methoxy groups -OCH3 is 1. The summed E-state index contributed by atoms with van der Waals surface area (Å²) in [5.74, 6) is -0.213. The lowest BCUT2D eigenvalue weighted by Crippen LogP contribution is -2.02. The molecule has 0 amide bonds. The van der Waals surface area contributed by atoms with Crippen molar-refractivity contribution in [1.29, 1.82) is 0 Å². The minimum absolute atomic E-state index is 0.118. The average Bonchev–Trinajstić information content (AvgIpc) is 2.15. The molecule has 0 unspecified atom stereocenters. The normalized spacial score (nSPS) is 10.5.